The van der Waals surface area contributed by atoms with Gasteiger partial charge in [-0.1, -0.05) is 200 Å². The third-order valence-electron chi connectivity index (χ3n) is 12.2. The summed E-state index contributed by atoms with van der Waals surface area (Å²) in [7, 11) is 0. The minimum Gasteiger partial charge on any atom is -0.228 e. The first kappa shape index (κ1) is 34.8. The Bertz CT molecular complexity index is 3020. The molecule has 0 spiro atoms. The summed E-state index contributed by atoms with van der Waals surface area (Å²) < 4.78 is 0. The molecule has 0 fully saturated rings. The zero-order chi connectivity index (χ0) is 39.2. The predicted octanol–water partition coefficient (Wildman–Crippen LogP) is 12.5. The van der Waals surface area contributed by atoms with Gasteiger partial charge in [-0.3, -0.25) is 0 Å². The minimum atomic E-state index is -0.490. The summed E-state index contributed by atoms with van der Waals surface area (Å²) in [4.78, 5) is 10.2. The molecule has 2 nitrogen and oxygen atoms in total. The van der Waals surface area contributed by atoms with Crippen LogP contribution < -0.4 is 10.4 Å². The van der Waals surface area contributed by atoms with Crippen LogP contribution in [0.4, 0.5) is 0 Å². The Labute approximate surface area is 345 Å². The third kappa shape index (κ3) is 5.87. The number of aromatic nitrogens is 2. The van der Waals surface area contributed by atoms with E-state index in [-0.39, 0.29) is 0 Å². The van der Waals surface area contributed by atoms with E-state index in [1.165, 1.54) is 66.1 Å². The van der Waals surface area contributed by atoms with E-state index in [9.17, 15) is 0 Å². The molecule has 11 rings (SSSR count). The lowest BCUT2D eigenvalue weighted by molar-refractivity contribution is 0.769. The van der Waals surface area contributed by atoms with Crippen LogP contribution in [0.5, 0.6) is 0 Å². The zero-order valence-corrected chi connectivity index (χ0v) is 32.6. The molecule has 0 unspecified atom stereocenters. The predicted molar refractivity (Wildman–Crippen MR) is 244 cm³/mol. The van der Waals surface area contributed by atoms with E-state index < -0.39 is 5.41 Å². The van der Waals surface area contributed by atoms with Gasteiger partial charge in [-0.15, -0.1) is 0 Å². The van der Waals surface area contributed by atoms with Gasteiger partial charge in [-0.2, -0.15) is 0 Å². The van der Waals surface area contributed by atoms with Crippen molar-refractivity contribution in [1.82, 2.24) is 9.97 Å². The lowest BCUT2D eigenvalue weighted by Crippen LogP contribution is -2.30. The largest absolute Gasteiger partial charge is 0.228 e. The smallest absolute Gasteiger partial charge is 0.160 e. The van der Waals surface area contributed by atoms with Crippen LogP contribution in [0, 0.1) is 0 Å². The van der Waals surface area contributed by atoms with E-state index in [2.05, 4.69) is 194 Å². The second-order valence-electron chi connectivity index (χ2n) is 15.5. The van der Waals surface area contributed by atoms with Gasteiger partial charge >= 0.3 is 0 Å². The fourth-order valence-electron chi connectivity index (χ4n) is 9.53. The molecule has 59 heavy (non-hydrogen) atoms. The molecule has 2 heteroatoms. The summed E-state index contributed by atoms with van der Waals surface area (Å²) in [5.41, 5.74) is 17.0. The highest BCUT2D eigenvalue weighted by Crippen LogP contribution is 2.57. The Kier molecular flexibility index (Phi) is 8.56. The number of benzene rings is 8. The highest BCUT2D eigenvalue weighted by Gasteiger charge is 2.46. The summed E-state index contributed by atoms with van der Waals surface area (Å²) in [5.74, 6) is 0.716. The molecule has 278 valence electrons. The fraction of sp³-hybridized carbons (Fsp3) is 0.0526. The van der Waals surface area contributed by atoms with Gasteiger partial charge in [0.25, 0.3) is 0 Å². The van der Waals surface area contributed by atoms with E-state index in [4.69, 9.17) is 9.97 Å². The van der Waals surface area contributed by atoms with Crippen molar-refractivity contribution in [3.8, 4) is 67.3 Å². The van der Waals surface area contributed by atoms with Crippen LogP contribution in [-0.2, 0) is 5.41 Å². The van der Waals surface area contributed by atoms with E-state index in [1.807, 2.05) is 24.3 Å². The van der Waals surface area contributed by atoms with Crippen LogP contribution in [0.1, 0.15) is 35.1 Å². The van der Waals surface area contributed by atoms with Crippen molar-refractivity contribution in [2.45, 2.75) is 18.3 Å². The monoisotopic (exact) mass is 752 g/mol. The molecule has 0 bridgehead atoms. The van der Waals surface area contributed by atoms with Crippen LogP contribution >= 0.6 is 0 Å². The molecule has 0 atom stereocenters. The van der Waals surface area contributed by atoms with Gasteiger partial charge in [0.15, 0.2) is 5.82 Å². The second kappa shape index (κ2) is 14.5. The number of fused-ring (bicyclic) bond motifs is 4. The molecule has 0 amide bonds. The molecule has 2 aliphatic carbocycles. The maximum absolute atomic E-state index is 5.14. The lowest BCUT2D eigenvalue weighted by atomic mass is 9.67. The molecule has 1 aromatic heterocycles. The Balaban J connectivity index is 1.14. The summed E-state index contributed by atoms with van der Waals surface area (Å²) in [6.45, 7) is 0. The number of hydrogen-bond acceptors (Lipinski definition) is 2. The zero-order valence-electron chi connectivity index (χ0n) is 32.6. The molecular formula is C57H40N2. The first-order valence-corrected chi connectivity index (χ1v) is 20.6. The van der Waals surface area contributed by atoms with Crippen molar-refractivity contribution >= 4 is 12.2 Å². The molecule has 2 aliphatic rings. The SMILES string of the molecule is C1=c2cccc(-c3cc4c(cc3-c3ccc(-c5cc(-c6ccccc6)nc(-c6ccccc6)n5)cc3)-c3ccccc3C4(c3ccccc3)c3ccccc3)c2=CCC1. The second-order valence-corrected chi connectivity index (χ2v) is 15.5. The normalized spacial score (nSPS) is 13.4. The molecule has 0 aliphatic heterocycles. The van der Waals surface area contributed by atoms with Crippen LogP contribution in [-0.4, -0.2) is 9.97 Å². The van der Waals surface area contributed by atoms with Gasteiger partial charge in [0, 0.05) is 16.7 Å². The van der Waals surface area contributed by atoms with Gasteiger partial charge in [0.2, 0.25) is 0 Å². The molecular weight excluding hydrogens is 713 g/mol. The van der Waals surface area contributed by atoms with E-state index >= 15 is 0 Å². The maximum atomic E-state index is 5.14. The molecule has 0 saturated heterocycles. The van der Waals surface area contributed by atoms with Crippen molar-refractivity contribution in [1.29, 1.82) is 0 Å². The van der Waals surface area contributed by atoms with Crippen LogP contribution in [0.15, 0.2) is 206 Å². The van der Waals surface area contributed by atoms with E-state index in [1.54, 1.807) is 0 Å². The summed E-state index contributed by atoms with van der Waals surface area (Å²) in [6, 6.07) is 74.8. The Morgan fingerprint density at radius 3 is 1.56 bits per heavy atom. The van der Waals surface area contributed by atoms with Gasteiger partial charge in [0.1, 0.15) is 0 Å². The van der Waals surface area contributed by atoms with Gasteiger partial charge in [0.05, 0.1) is 16.8 Å². The van der Waals surface area contributed by atoms with Crippen LogP contribution in [0.2, 0.25) is 0 Å². The highest BCUT2D eigenvalue weighted by atomic mass is 14.9. The van der Waals surface area contributed by atoms with Crippen molar-refractivity contribution in [3.05, 3.63) is 239 Å². The number of rotatable bonds is 7. The van der Waals surface area contributed by atoms with Crippen molar-refractivity contribution < 1.29 is 0 Å². The van der Waals surface area contributed by atoms with Gasteiger partial charge in [-0.25, -0.2) is 9.97 Å². The molecule has 0 N–H and O–H groups in total. The molecule has 8 aromatic carbocycles. The standard InChI is InChI=1S/C57H40N2/c1-5-19-41(20-6-1)54-38-55(59-56(58-54)43-21-7-2-8-22-43)42-34-32-40(33-35-42)49-36-51-48-29-15-16-31-52(48)57(44-24-9-3-10-25-44,45-26-11-4-12-27-45)53(51)37-50(49)47-30-17-23-39-18-13-14-28-46(39)47/h1-12,15-38H,13-14H2. The topological polar surface area (TPSA) is 25.8 Å². The Hall–Kier alpha value is -7.42. The summed E-state index contributed by atoms with van der Waals surface area (Å²) >= 11 is 0. The highest BCUT2D eigenvalue weighted by molar-refractivity contribution is 5.95. The Morgan fingerprint density at radius 1 is 0.339 bits per heavy atom. The van der Waals surface area contributed by atoms with Crippen molar-refractivity contribution in [2.24, 2.45) is 0 Å². The van der Waals surface area contributed by atoms with Crippen LogP contribution in [0.25, 0.3) is 79.4 Å². The molecule has 1 heterocycles. The number of nitrogens with zero attached hydrogens (tertiary/aromatic N) is 2. The average Bonchev–Trinajstić information content (AvgIpc) is 3.62. The first-order chi connectivity index (χ1) is 29.3. The summed E-state index contributed by atoms with van der Waals surface area (Å²) in [5, 5.41) is 2.63. The molecule has 0 radical (unpaired) electrons. The van der Waals surface area contributed by atoms with E-state index in [0.717, 1.165) is 40.9 Å². The van der Waals surface area contributed by atoms with E-state index in [0.29, 0.717) is 5.82 Å². The fourth-order valence-corrected chi connectivity index (χ4v) is 9.53. The first-order valence-electron chi connectivity index (χ1n) is 20.6. The average molecular weight is 753 g/mol. The van der Waals surface area contributed by atoms with Gasteiger partial charge < -0.3 is 0 Å². The summed E-state index contributed by atoms with van der Waals surface area (Å²) in [6.07, 6.45) is 6.93. The Morgan fingerprint density at radius 2 is 0.881 bits per heavy atom. The molecule has 9 aromatic rings. The van der Waals surface area contributed by atoms with Gasteiger partial charge in [-0.05, 0) is 97.1 Å². The third-order valence-corrected chi connectivity index (χ3v) is 12.2. The number of hydrogen-bond donors (Lipinski definition) is 0. The minimum absolute atomic E-state index is 0.490. The van der Waals surface area contributed by atoms with Crippen molar-refractivity contribution in [3.63, 3.8) is 0 Å². The van der Waals surface area contributed by atoms with Crippen LogP contribution in [0.3, 0.4) is 0 Å². The van der Waals surface area contributed by atoms with Crippen molar-refractivity contribution in [2.75, 3.05) is 0 Å². The molecule has 0 saturated carbocycles. The quantitative estimate of drug-likeness (QED) is 0.162. The maximum Gasteiger partial charge on any atom is 0.160 e. The lowest BCUT2D eigenvalue weighted by Gasteiger charge is -2.34.